The van der Waals surface area contributed by atoms with Crippen molar-refractivity contribution in [1.82, 2.24) is 23.8 Å². The number of nitrogens with one attached hydrogen (secondary N) is 1. The van der Waals surface area contributed by atoms with Crippen molar-refractivity contribution in [2.75, 3.05) is 32.7 Å². The highest BCUT2D eigenvalue weighted by Crippen LogP contribution is 2.29. The van der Waals surface area contributed by atoms with Crippen molar-refractivity contribution in [2.24, 2.45) is 0 Å². The van der Waals surface area contributed by atoms with Crippen LogP contribution < -0.4 is 11.0 Å². The summed E-state index contributed by atoms with van der Waals surface area (Å²) in [6, 6.07) is 7.16. The molecular formula is C24H30N6O2. The lowest BCUT2D eigenvalue weighted by Gasteiger charge is -2.34. The highest BCUT2D eigenvalue weighted by atomic mass is 16.2. The zero-order chi connectivity index (χ0) is 22.2. The first-order valence-corrected chi connectivity index (χ1v) is 11.7. The van der Waals surface area contributed by atoms with E-state index in [1.165, 1.54) is 10.8 Å². The zero-order valence-electron chi connectivity index (χ0n) is 18.6. The van der Waals surface area contributed by atoms with E-state index >= 15 is 0 Å². The molecule has 1 amide bonds. The van der Waals surface area contributed by atoms with Crippen LogP contribution in [0.15, 0.2) is 35.3 Å². The number of carbonyl (C=O) groups excluding carboxylic acids is 1. The van der Waals surface area contributed by atoms with Crippen LogP contribution in [-0.2, 0) is 0 Å². The van der Waals surface area contributed by atoms with Crippen molar-refractivity contribution in [3.63, 3.8) is 0 Å². The fourth-order valence-corrected chi connectivity index (χ4v) is 5.14. The van der Waals surface area contributed by atoms with Gasteiger partial charge in [-0.15, -0.1) is 0 Å². The molecule has 3 aromatic rings. The minimum absolute atomic E-state index is 0.0847. The molecule has 5 rings (SSSR count). The first kappa shape index (κ1) is 20.9. The van der Waals surface area contributed by atoms with Crippen LogP contribution in [0.3, 0.4) is 0 Å². The Morgan fingerprint density at radius 3 is 2.59 bits per heavy atom. The summed E-state index contributed by atoms with van der Waals surface area (Å²) in [6.45, 7) is 6.05. The fraction of sp³-hybridized carbons (Fsp3) is 0.500. The van der Waals surface area contributed by atoms with Crippen molar-refractivity contribution >= 4 is 22.6 Å². The first-order valence-electron chi connectivity index (χ1n) is 11.7. The van der Waals surface area contributed by atoms with Crippen LogP contribution in [0.4, 0.5) is 0 Å². The number of piperazine rings is 1. The van der Waals surface area contributed by atoms with Gasteiger partial charge in [0.05, 0.1) is 10.9 Å². The Labute approximate surface area is 186 Å². The molecule has 2 aliphatic rings. The molecule has 168 valence electrons. The lowest BCUT2D eigenvalue weighted by molar-refractivity contribution is 0.0640. The third-order valence-corrected chi connectivity index (χ3v) is 7.04. The quantitative estimate of drug-likeness (QED) is 0.642. The van der Waals surface area contributed by atoms with Gasteiger partial charge >= 0.3 is 0 Å². The Morgan fingerprint density at radius 2 is 1.88 bits per heavy atom. The summed E-state index contributed by atoms with van der Waals surface area (Å²) in [4.78, 5) is 35.8. The molecule has 8 nitrogen and oxygen atoms in total. The molecule has 8 heteroatoms. The molecule has 1 saturated heterocycles. The first-order chi connectivity index (χ1) is 15.6. The molecule has 0 radical (unpaired) electrons. The Hall–Kier alpha value is -3.00. The van der Waals surface area contributed by atoms with E-state index in [9.17, 15) is 9.59 Å². The summed E-state index contributed by atoms with van der Waals surface area (Å²) in [7, 11) is 0. The number of nitrogens with zero attached hydrogens (tertiary/aromatic N) is 5. The highest BCUT2D eigenvalue weighted by Gasteiger charge is 2.27. The molecule has 0 atom stereocenters. The van der Waals surface area contributed by atoms with E-state index in [1.807, 2.05) is 21.6 Å². The third-order valence-electron chi connectivity index (χ3n) is 7.04. The maximum absolute atomic E-state index is 13.5. The van der Waals surface area contributed by atoms with Crippen molar-refractivity contribution in [3.05, 3.63) is 51.9 Å². The molecule has 0 bridgehead atoms. The molecule has 1 aliphatic heterocycles. The maximum Gasteiger partial charge on any atom is 0.267 e. The molecule has 0 unspecified atom stereocenters. The molecular weight excluding hydrogens is 404 g/mol. The maximum atomic E-state index is 13.5. The van der Waals surface area contributed by atoms with Crippen LogP contribution in [0.5, 0.6) is 0 Å². The number of fused-ring (bicyclic) bond motifs is 2. The van der Waals surface area contributed by atoms with Gasteiger partial charge in [-0.1, -0.05) is 32.3 Å². The van der Waals surface area contributed by atoms with Gasteiger partial charge in [0, 0.05) is 38.4 Å². The van der Waals surface area contributed by atoms with E-state index in [4.69, 9.17) is 10.4 Å². The van der Waals surface area contributed by atoms with E-state index in [0.717, 1.165) is 45.3 Å². The molecule has 4 heterocycles. The van der Waals surface area contributed by atoms with Gasteiger partial charge in [-0.2, -0.15) is 0 Å². The van der Waals surface area contributed by atoms with E-state index < -0.39 is 0 Å². The number of rotatable bonds is 3. The number of pyridine rings is 2. The zero-order valence-corrected chi connectivity index (χ0v) is 18.6. The standard InChI is InChI=1S/C24H30N6O2/c1-2-27-12-14-28(15-13-27)23(31)18-16-19-22(26-20-10-6-7-11-29(20)24(19)32)30(21(18)25)17-8-4-3-5-9-17/h6-7,10-11,16-17,25H,2-5,8-9,12-15H2,1H3. The number of likely N-dealkylation sites (N-methyl/N-ethyl adjacent to an activating group) is 1. The molecule has 0 aromatic carbocycles. The number of carbonyl (C=O) groups is 1. The van der Waals surface area contributed by atoms with Gasteiger partial charge in [-0.25, -0.2) is 4.98 Å². The van der Waals surface area contributed by atoms with Crippen LogP contribution in [-0.4, -0.2) is 62.4 Å². The number of hydrogen-bond acceptors (Lipinski definition) is 5. The Balaban J connectivity index is 1.70. The summed E-state index contributed by atoms with van der Waals surface area (Å²) in [5.74, 6) is -0.158. The van der Waals surface area contributed by atoms with E-state index in [1.54, 1.807) is 18.3 Å². The average molecular weight is 435 g/mol. The summed E-state index contributed by atoms with van der Waals surface area (Å²) >= 11 is 0. The van der Waals surface area contributed by atoms with E-state index in [0.29, 0.717) is 35.3 Å². The second-order valence-corrected chi connectivity index (χ2v) is 8.88. The third kappa shape index (κ3) is 3.52. The molecule has 1 saturated carbocycles. The monoisotopic (exact) mass is 434 g/mol. The Bertz CT molecular complexity index is 1280. The van der Waals surface area contributed by atoms with Crippen LogP contribution in [0.25, 0.3) is 16.7 Å². The topological polar surface area (TPSA) is 86.7 Å². The number of hydrogen-bond donors (Lipinski definition) is 1. The second kappa shape index (κ2) is 8.50. The van der Waals surface area contributed by atoms with Crippen LogP contribution in [0, 0.1) is 5.41 Å². The Morgan fingerprint density at radius 1 is 1.12 bits per heavy atom. The van der Waals surface area contributed by atoms with Crippen LogP contribution in [0.1, 0.15) is 55.4 Å². The van der Waals surface area contributed by atoms with Gasteiger partial charge in [-0.05, 0) is 37.6 Å². The van der Waals surface area contributed by atoms with Gasteiger partial charge in [0.2, 0.25) is 0 Å². The smallest absolute Gasteiger partial charge is 0.267 e. The largest absolute Gasteiger partial charge is 0.336 e. The summed E-state index contributed by atoms with van der Waals surface area (Å²) in [6.07, 6.45) is 6.93. The van der Waals surface area contributed by atoms with Gasteiger partial charge in [-0.3, -0.25) is 19.4 Å². The number of aromatic nitrogens is 3. The molecule has 3 aromatic heterocycles. The summed E-state index contributed by atoms with van der Waals surface area (Å²) in [5, 5.41) is 9.43. The van der Waals surface area contributed by atoms with Crippen molar-refractivity contribution in [3.8, 4) is 0 Å². The van der Waals surface area contributed by atoms with E-state index in [-0.39, 0.29) is 23.0 Å². The molecule has 1 N–H and O–H groups in total. The normalized spacial score (nSPS) is 18.5. The summed E-state index contributed by atoms with van der Waals surface area (Å²) < 4.78 is 3.39. The Kier molecular flexibility index (Phi) is 5.55. The average Bonchev–Trinajstić information content (AvgIpc) is 2.84. The minimum Gasteiger partial charge on any atom is -0.336 e. The molecule has 0 spiro atoms. The van der Waals surface area contributed by atoms with Crippen molar-refractivity contribution in [2.45, 2.75) is 45.1 Å². The van der Waals surface area contributed by atoms with E-state index in [2.05, 4.69) is 11.8 Å². The van der Waals surface area contributed by atoms with Crippen LogP contribution >= 0.6 is 0 Å². The predicted molar refractivity (Wildman–Crippen MR) is 123 cm³/mol. The van der Waals surface area contributed by atoms with Gasteiger partial charge < -0.3 is 14.4 Å². The van der Waals surface area contributed by atoms with Crippen molar-refractivity contribution in [1.29, 1.82) is 5.41 Å². The van der Waals surface area contributed by atoms with Crippen LogP contribution in [0.2, 0.25) is 0 Å². The second-order valence-electron chi connectivity index (χ2n) is 8.88. The highest BCUT2D eigenvalue weighted by molar-refractivity contribution is 5.97. The molecule has 1 aliphatic carbocycles. The summed E-state index contributed by atoms with van der Waals surface area (Å²) in [5.41, 5.74) is 1.37. The number of amides is 1. The van der Waals surface area contributed by atoms with Gasteiger partial charge in [0.1, 0.15) is 16.8 Å². The predicted octanol–water partition coefficient (Wildman–Crippen LogP) is 2.41. The fourth-order valence-electron chi connectivity index (χ4n) is 5.14. The molecule has 2 fully saturated rings. The lowest BCUT2D eigenvalue weighted by atomic mass is 9.94. The minimum atomic E-state index is -0.194. The van der Waals surface area contributed by atoms with Crippen molar-refractivity contribution < 1.29 is 4.79 Å². The SMILES string of the molecule is CCN1CCN(C(=O)c2cc3c(=O)n4ccccc4nc3n(C3CCCCC3)c2=N)CC1. The van der Waals surface area contributed by atoms with Gasteiger partial charge in [0.15, 0.2) is 0 Å². The lowest BCUT2D eigenvalue weighted by Crippen LogP contribution is -2.49. The molecule has 32 heavy (non-hydrogen) atoms. The van der Waals surface area contributed by atoms with Gasteiger partial charge in [0.25, 0.3) is 11.5 Å².